The Hall–Kier alpha value is 0.170. The highest BCUT2D eigenvalue weighted by Gasteiger charge is 2.53. The number of hydrogen-bond acceptors (Lipinski definition) is 3. The molecule has 0 aromatic carbocycles. The molecule has 2 atom stereocenters. The molecule has 1 heterocycles. The molecule has 1 spiro atoms. The molecule has 11 heavy (non-hydrogen) atoms. The Morgan fingerprint density at radius 1 is 1.55 bits per heavy atom. The van der Waals surface area contributed by atoms with Crippen LogP contribution in [0.2, 0.25) is 0 Å². The quantitative estimate of drug-likeness (QED) is 0.642. The van der Waals surface area contributed by atoms with Crippen molar-refractivity contribution in [2.75, 3.05) is 5.75 Å². The lowest BCUT2D eigenvalue weighted by atomic mass is 9.71. The minimum absolute atomic E-state index is 0.0532. The Morgan fingerprint density at radius 3 is 2.73 bits per heavy atom. The Labute approximate surface area is 73.5 Å². The molecule has 1 aliphatic carbocycles. The zero-order valence-electron chi connectivity index (χ0n) is 6.08. The third-order valence-electron chi connectivity index (χ3n) is 2.62. The number of rotatable bonds is 1. The molecule has 1 saturated carbocycles. The van der Waals surface area contributed by atoms with Crippen LogP contribution in [0.5, 0.6) is 0 Å². The maximum atomic E-state index is 10.7. The fourth-order valence-corrected chi connectivity index (χ4v) is 5.44. The molecule has 2 unspecified atom stereocenters. The van der Waals surface area contributed by atoms with E-state index < -0.39 is 5.97 Å². The highest BCUT2D eigenvalue weighted by Crippen LogP contribution is 2.60. The van der Waals surface area contributed by atoms with E-state index in [0.717, 1.165) is 25.0 Å². The normalized spacial score (nSPS) is 42.4. The van der Waals surface area contributed by atoms with Crippen LogP contribution in [-0.4, -0.2) is 21.6 Å². The maximum absolute atomic E-state index is 10.7. The predicted molar refractivity (Wildman–Crippen MR) is 47.8 cm³/mol. The number of hydrogen-bond donors (Lipinski definition) is 1. The second-order valence-corrected chi connectivity index (χ2v) is 5.98. The van der Waals surface area contributed by atoms with Gasteiger partial charge in [0.25, 0.3) is 0 Å². The molecule has 2 fully saturated rings. The van der Waals surface area contributed by atoms with Gasteiger partial charge < -0.3 is 5.11 Å². The topological polar surface area (TPSA) is 37.3 Å². The van der Waals surface area contributed by atoms with E-state index in [1.54, 1.807) is 10.8 Å². The lowest BCUT2D eigenvalue weighted by Gasteiger charge is -2.42. The minimum Gasteiger partial charge on any atom is -0.481 e. The van der Waals surface area contributed by atoms with E-state index in [2.05, 4.69) is 0 Å². The molecule has 0 aromatic rings. The summed E-state index contributed by atoms with van der Waals surface area (Å²) in [4.78, 5) is 10.7. The van der Waals surface area contributed by atoms with Gasteiger partial charge in [-0.25, -0.2) is 0 Å². The van der Waals surface area contributed by atoms with Gasteiger partial charge in [-0.3, -0.25) is 4.79 Å². The largest absolute Gasteiger partial charge is 0.481 e. The standard InChI is InChI=1S/C7H10O2S2/c8-6(9)5-1-2-7(5)3-4-10-11-7/h5H,1-4H2,(H,8,9). The van der Waals surface area contributed by atoms with E-state index in [0.29, 0.717) is 0 Å². The Morgan fingerprint density at radius 2 is 2.36 bits per heavy atom. The average molecular weight is 190 g/mol. The molecular weight excluding hydrogens is 180 g/mol. The fourth-order valence-electron chi connectivity index (χ4n) is 1.77. The summed E-state index contributed by atoms with van der Waals surface area (Å²) < 4.78 is 0.135. The number of carboxylic acids is 1. The Kier molecular flexibility index (Phi) is 1.84. The van der Waals surface area contributed by atoms with Crippen LogP contribution >= 0.6 is 21.6 Å². The van der Waals surface area contributed by atoms with Gasteiger partial charge in [-0.1, -0.05) is 21.6 Å². The Balaban J connectivity index is 2.09. The summed E-state index contributed by atoms with van der Waals surface area (Å²) in [5, 5.41) is 8.84. The molecule has 2 aliphatic rings. The summed E-state index contributed by atoms with van der Waals surface area (Å²) in [6, 6.07) is 0. The highest BCUT2D eigenvalue weighted by molar-refractivity contribution is 8.77. The molecule has 1 aliphatic heterocycles. The van der Waals surface area contributed by atoms with Crippen LogP contribution in [0.3, 0.4) is 0 Å². The molecule has 62 valence electrons. The van der Waals surface area contributed by atoms with Crippen molar-refractivity contribution in [3.8, 4) is 0 Å². The van der Waals surface area contributed by atoms with Crippen LogP contribution < -0.4 is 0 Å². The van der Waals surface area contributed by atoms with Crippen molar-refractivity contribution < 1.29 is 9.90 Å². The first-order chi connectivity index (χ1) is 5.25. The van der Waals surface area contributed by atoms with Crippen LogP contribution in [-0.2, 0) is 4.79 Å². The third kappa shape index (κ3) is 1.07. The summed E-state index contributed by atoms with van der Waals surface area (Å²) in [5.74, 6) is 0.489. The number of carbonyl (C=O) groups is 1. The van der Waals surface area contributed by atoms with E-state index in [4.69, 9.17) is 5.11 Å². The molecule has 2 rings (SSSR count). The zero-order chi connectivity index (χ0) is 7.90. The first kappa shape index (κ1) is 7.80. The lowest BCUT2D eigenvalue weighted by Crippen LogP contribution is -2.46. The lowest BCUT2D eigenvalue weighted by molar-refractivity contribution is -0.146. The van der Waals surface area contributed by atoms with E-state index in [1.807, 2.05) is 10.8 Å². The SMILES string of the molecule is O=C(O)C1CCC12CCSS2. The van der Waals surface area contributed by atoms with Gasteiger partial charge in [-0.2, -0.15) is 0 Å². The van der Waals surface area contributed by atoms with E-state index in [-0.39, 0.29) is 10.7 Å². The summed E-state index contributed by atoms with van der Waals surface area (Å²) in [5.41, 5.74) is 0. The third-order valence-corrected chi connectivity index (χ3v) is 5.99. The van der Waals surface area contributed by atoms with Crippen molar-refractivity contribution in [2.45, 2.75) is 24.0 Å². The minimum atomic E-state index is -0.591. The maximum Gasteiger partial charge on any atom is 0.307 e. The van der Waals surface area contributed by atoms with Crippen LogP contribution in [0.15, 0.2) is 0 Å². The first-order valence-electron chi connectivity index (χ1n) is 3.78. The second-order valence-electron chi connectivity index (χ2n) is 3.15. The van der Waals surface area contributed by atoms with Gasteiger partial charge in [-0.15, -0.1) is 0 Å². The van der Waals surface area contributed by atoms with Crippen molar-refractivity contribution in [1.82, 2.24) is 0 Å². The molecule has 0 aromatic heterocycles. The van der Waals surface area contributed by atoms with E-state index in [1.165, 1.54) is 0 Å². The van der Waals surface area contributed by atoms with Crippen LogP contribution in [0.1, 0.15) is 19.3 Å². The summed E-state index contributed by atoms with van der Waals surface area (Å²) >= 11 is 0. The van der Waals surface area contributed by atoms with Crippen molar-refractivity contribution >= 4 is 27.6 Å². The molecule has 2 nitrogen and oxygen atoms in total. The predicted octanol–water partition coefficient (Wildman–Crippen LogP) is 2.00. The van der Waals surface area contributed by atoms with Crippen LogP contribution in [0, 0.1) is 5.92 Å². The molecule has 0 bridgehead atoms. The van der Waals surface area contributed by atoms with Crippen LogP contribution in [0.4, 0.5) is 0 Å². The van der Waals surface area contributed by atoms with Crippen LogP contribution in [0.25, 0.3) is 0 Å². The Bertz CT molecular complexity index is 187. The highest BCUT2D eigenvalue weighted by atomic mass is 33.1. The first-order valence-corrected chi connectivity index (χ1v) is 6.10. The van der Waals surface area contributed by atoms with Gasteiger partial charge in [0.05, 0.1) is 5.92 Å². The van der Waals surface area contributed by atoms with Crippen molar-refractivity contribution in [3.63, 3.8) is 0 Å². The summed E-state index contributed by atoms with van der Waals surface area (Å²) in [7, 11) is 3.64. The zero-order valence-corrected chi connectivity index (χ0v) is 7.71. The average Bonchev–Trinajstić information content (AvgIpc) is 2.31. The molecule has 0 amide bonds. The van der Waals surface area contributed by atoms with Gasteiger partial charge in [-0.05, 0) is 19.3 Å². The van der Waals surface area contributed by atoms with Gasteiger partial charge in [0, 0.05) is 10.5 Å². The van der Waals surface area contributed by atoms with Gasteiger partial charge in [0.2, 0.25) is 0 Å². The molecule has 4 heteroatoms. The van der Waals surface area contributed by atoms with Gasteiger partial charge in [0.15, 0.2) is 0 Å². The monoisotopic (exact) mass is 190 g/mol. The molecule has 1 saturated heterocycles. The van der Waals surface area contributed by atoms with E-state index in [9.17, 15) is 4.79 Å². The smallest absolute Gasteiger partial charge is 0.307 e. The van der Waals surface area contributed by atoms with Crippen molar-refractivity contribution in [2.24, 2.45) is 5.92 Å². The molecular formula is C7H10O2S2. The second kappa shape index (κ2) is 2.59. The fraction of sp³-hybridized carbons (Fsp3) is 0.857. The number of carboxylic acid groups (broad SMARTS) is 1. The molecule has 1 N–H and O–H groups in total. The van der Waals surface area contributed by atoms with Crippen molar-refractivity contribution in [1.29, 1.82) is 0 Å². The summed E-state index contributed by atoms with van der Waals surface area (Å²) in [6.45, 7) is 0. The van der Waals surface area contributed by atoms with Crippen molar-refractivity contribution in [3.05, 3.63) is 0 Å². The van der Waals surface area contributed by atoms with E-state index >= 15 is 0 Å². The number of aliphatic carboxylic acids is 1. The summed E-state index contributed by atoms with van der Waals surface area (Å²) in [6.07, 6.45) is 3.10. The molecule has 0 radical (unpaired) electrons. The van der Waals surface area contributed by atoms with Gasteiger partial charge >= 0.3 is 5.97 Å². The van der Waals surface area contributed by atoms with Gasteiger partial charge in [0.1, 0.15) is 0 Å².